The van der Waals surface area contributed by atoms with E-state index in [1.165, 1.54) is 11.1 Å². The molecule has 0 unspecified atom stereocenters. The summed E-state index contributed by atoms with van der Waals surface area (Å²) >= 11 is 0. The van der Waals surface area contributed by atoms with Gasteiger partial charge in [0.1, 0.15) is 5.82 Å². The minimum absolute atomic E-state index is 0.228. The summed E-state index contributed by atoms with van der Waals surface area (Å²) < 4.78 is 0. The molecule has 5 rings (SSSR count). The van der Waals surface area contributed by atoms with Crippen LogP contribution in [-0.4, -0.2) is 15.0 Å². The van der Waals surface area contributed by atoms with Gasteiger partial charge in [0.15, 0.2) is 0 Å². The number of hydrogen-bond donors (Lipinski definition) is 2. The topological polar surface area (TPSA) is 53.6 Å². The molecule has 0 amide bonds. The van der Waals surface area contributed by atoms with E-state index < -0.39 is 0 Å². The first-order chi connectivity index (χ1) is 12.4. The second-order valence-electron chi connectivity index (χ2n) is 6.50. The van der Waals surface area contributed by atoms with Gasteiger partial charge >= 0.3 is 0 Å². The normalized spacial score (nSPS) is 16.7. The lowest BCUT2D eigenvalue weighted by atomic mass is 9.96. The Balaban J connectivity index is 1.49. The summed E-state index contributed by atoms with van der Waals surface area (Å²) in [5.41, 5.74) is 7.19. The van der Waals surface area contributed by atoms with Gasteiger partial charge in [-0.15, -0.1) is 0 Å². The highest BCUT2D eigenvalue weighted by Crippen LogP contribution is 2.27. The van der Waals surface area contributed by atoms with Crippen LogP contribution in [0, 0.1) is 0 Å². The molecule has 0 spiro atoms. The third-order valence-corrected chi connectivity index (χ3v) is 4.93. The number of H-pyrrole nitrogens is 1. The van der Waals surface area contributed by atoms with Gasteiger partial charge in [0, 0.05) is 18.9 Å². The highest BCUT2D eigenvalue weighted by Gasteiger charge is 2.21. The van der Waals surface area contributed by atoms with Crippen LogP contribution < -0.4 is 5.32 Å². The number of aromatic nitrogens is 3. The van der Waals surface area contributed by atoms with Crippen LogP contribution in [0.1, 0.15) is 23.0 Å². The molecule has 1 aliphatic rings. The van der Waals surface area contributed by atoms with Crippen molar-refractivity contribution >= 4 is 11.0 Å². The van der Waals surface area contributed by atoms with Gasteiger partial charge in [-0.3, -0.25) is 4.98 Å². The minimum atomic E-state index is 0.228. The van der Waals surface area contributed by atoms with Gasteiger partial charge in [0.25, 0.3) is 0 Å². The van der Waals surface area contributed by atoms with Crippen molar-refractivity contribution in [1.82, 2.24) is 20.3 Å². The molecule has 4 nitrogen and oxygen atoms in total. The second-order valence-corrected chi connectivity index (χ2v) is 6.50. The lowest BCUT2D eigenvalue weighted by molar-refractivity contribution is 0.481. The molecule has 0 saturated carbocycles. The Morgan fingerprint density at radius 3 is 2.60 bits per heavy atom. The molecule has 0 radical (unpaired) electrons. The molecule has 2 N–H and O–H groups in total. The Bertz CT molecular complexity index is 1040. The van der Waals surface area contributed by atoms with Crippen LogP contribution in [0.4, 0.5) is 0 Å². The van der Waals surface area contributed by atoms with E-state index in [0.29, 0.717) is 0 Å². The number of pyridine rings is 1. The summed E-state index contributed by atoms with van der Waals surface area (Å²) in [5.74, 6) is 1.01. The van der Waals surface area contributed by atoms with Gasteiger partial charge in [-0.05, 0) is 52.9 Å². The smallest absolute Gasteiger partial charge is 0.124 e. The van der Waals surface area contributed by atoms with Gasteiger partial charge in [-0.1, -0.05) is 30.3 Å². The summed E-state index contributed by atoms with van der Waals surface area (Å²) in [7, 11) is 0. The molecule has 0 fully saturated rings. The van der Waals surface area contributed by atoms with Crippen molar-refractivity contribution in [1.29, 1.82) is 0 Å². The van der Waals surface area contributed by atoms with Crippen LogP contribution in [0.5, 0.6) is 0 Å². The average Bonchev–Trinajstić information content (AvgIpc) is 3.11. The molecule has 1 atom stereocenters. The zero-order chi connectivity index (χ0) is 16.6. The monoisotopic (exact) mass is 326 g/mol. The maximum Gasteiger partial charge on any atom is 0.124 e. The first-order valence-corrected chi connectivity index (χ1v) is 8.57. The van der Waals surface area contributed by atoms with E-state index >= 15 is 0 Å². The standard InChI is InChI=1S/C21H18N4/c1-2-4-17-13-23-20(12-15(17)3-1)21-24-18-6-5-16(11-19(18)25-21)14-7-9-22-10-8-14/h1-11,20,23H,12-13H2,(H,24,25)/t20-/m0/s1. The molecule has 0 aliphatic carbocycles. The van der Waals surface area contributed by atoms with E-state index in [-0.39, 0.29) is 6.04 Å². The summed E-state index contributed by atoms with van der Waals surface area (Å²) in [6.07, 6.45) is 4.60. The fraction of sp³-hybridized carbons (Fsp3) is 0.143. The predicted molar refractivity (Wildman–Crippen MR) is 99.1 cm³/mol. The Labute approximate surface area is 146 Å². The summed E-state index contributed by atoms with van der Waals surface area (Å²) in [6, 6.07) is 19.3. The van der Waals surface area contributed by atoms with Gasteiger partial charge in [-0.2, -0.15) is 0 Å². The van der Waals surface area contributed by atoms with Crippen molar-refractivity contribution in [2.75, 3.05) is 0 Å². The Morgan fingerprint density at radius 2 is 1.72 bits per heavy atom. The highest BCUT2D eigenvalue weighted by atomic mass is 15.0. The van der Waals surface area contributed by atoms with Crippen LogP contribution >= 0.6 is 0 Å². The molecule has 2 aromatic carbocycles. The zero-order valence-corrected chi connectivity index (χ0v) is 13.7. The predicted octanol–water partition coefficient (Wildman–Crippen LogP) is 4.01. The number of benzene rings is 2. The van der Waals surface area contributed by atoms with E-state index in [4.69, 9.17) is 4.98 Å². The molecule has 1 aliphatic heterocycles. The fourth-order valence-corrected chi connectivity index (χ4v) is 3.56. The molecule has 4 heteroatoms. The first kappa shape index (κ1) is 14.4. The Hall–Kier alpha value is -2.98. The van der Waals surface area contributed by atoms with Crippen molar-refractivity contribution in [3.63, 3.8) is 0 Å². The summed E-state index contributed by atoms with van der Waals surface area (Å²) in [6.45, 7) is 0.889. The van der Waals surface area contributed by atoms with E-state index in [1.54, 1.807) is 0 Å². The maximum atomic E-state index is 4.86. The van der Waals surface area contributed by atoms with Crippen molar-refractivity contribution in [3.05, 3.63) is 83.9 Å². The number of rotatable bonds is 2. The number of nitrogens with one attached hydrogen (secondary N) is 2. The van der Waals surface area contributed by atoms with Crippen LogP contribution in [0.3, 0.4) is 0 Å². The van der Waals surface area contributed by atoms with Crippen molar-refractivity contribution in [2.45, 2.75) is 19.0 Å². The number of fused-ring (bicyclic) bond motifs is 2. The van der Waals surface area contributed by atoms with Gasteiger partial charge in [0.2, 0.25) is 0 Å². The van der Waals surface area contributed by atoms with Crippen LogP contribution in [0.2, 0.25) is 0 Å². The summed E-state index contributed by atoms with van der Waals surface area (Å²) in [5, 5.41) is 3.60. The molecular weight excluding hydrogens is 308 g/mol. The molecule has 25 heavy (non-hydrogen) atoms. The SMILES string of the molecule is c1ccc2c(c1)CN[C@H](c1nc3cc(-c4ccncc4)ccc3[nH]1)C2. The largest absolute Gasteiger partial charge is 0.341 e. The molecule has 0 bridgehead atoms. The lowest BCUT2D eigenvalue weighted by Crippen LogP contribution is -2.29. The quantitative estimate of drug-likeness (QED) is 0.585. The van der Waals surface area contributed by atoms with E-state index in [0.717, 1.165) is 41.0 Å². The van der Waals surface area contributed by atoms with E-state index in [2.05, 4.69) is 57.7 Å². The number of imidazole rings is 1. The molecule has 4 aromatic rings. The maximum absolute atomic E-state index is 4.86. The van der Waals surface area contributed by atoms with Crippen LogP contribution in [0.15, 0.2) is 67.0 Å². The third kappa shape index (κ3) is 2.61. The number of nitrogens with zero attached hydrogens (tertiary/aromatic N) is 2. The lowest BCUT2D eigenvalue weighted by Gasteiger charge is -2.24. The first-order valence-electron chi connectivity index (χ1n) is 8.57. The second kappa shape index (κ2) is 5.83. The average molecular weight is 326 g/mol. The van der Waals surface area contributed by atoms with Gasteiger partial charge in [-0.25, -0.2) is 4.98 Å². The third-order valence-electron chi connectivity index (χ3n) is 4.93. The van der Waals surface area contributed by atoms with E-state index in [1.807, 2.05) is 24.5 Å². The molecule has 3 heterocycles. The van der Waals surface area contributed by atoms with Gasteiger partial charge in [0.05, 0.1) is 17.1 Å². The Kier molecular flexibility index (Phi) is 3.35. The molecule has 122 valence electrons. The summed E-state index contributed by atoms with van der Waals surface area (Å²) in [4.78, 5) is 12.4. The number of hydrogen-bond acceptors (Lipinski definition) is 3. The van der Waals surface area contributed by atoms with Crippen LogP contribution in [0.25, 0.3) is 22.2 Å². The molecule has 0 saturated heterocycles. The van der Waals surface area contributed by atoms with E-state index in [9.17, 15) is 0 Å². The zero-order valence-electron chi connectivity index (χ0n) is 13.7. The molecular formula is C21H18N4. The van der Waals surface area contributed by atoms with Crippen molar-refractivity contribution < 1.29 is 0 Å². The Morgan fingerprint density at radius 1 is 0.880 bits per heavy atom. The highest BCUT2D eigenvalue weighted by molar-refractivity contribution is 5.82. The number of aromatic amines is 1. The fourth-order valence-electron chi connectivity index (χ4n) is 3.56. The van der Waals surface area contributed by atoms with Crippen molar-refractivity contribution in [2.24, 2.45) is 0 Å². The van der Waals surface area contributed by atoms with Crippen molar-refractivity contribution in [3.8, 4) is 11.1 Å². The minimum Gasteiger partial charge on any atom is -0.341 e. The van der Waals surface area contributed by atoms with Gasteiger partial charge < -0.3 is 10.3 Å². The molecule has 2 aromatic heterocycles. The van der Waals surface area contributed by atoms with Crippen LogP contribution in [-0.2, 0) is 13.0 Å².